The molecule has 144 valence electrons. The van der Waals surface area contributed by atoms with Gasteiger partial charge < -0.3 is 0 Å². The molecular weight excluding hydrogens is 376 g/mol. The zero-order chi connectivity index (χ0) is 20.1. The van der Waals surface area contributed by atoms with Gasteiger partial charge in [-0.05, 0) is 80.9 Å². The molecule has 8 rings (SSSR count). The van der Waals surface area contributed by atoms with Crippen molar-refractivity contribution in [1.82, 2.24) is 9.38 Å². The Morgan fingerprint density at radius 1 is 0.645 bits per heavy atom. The third-order valence-electron chi connectivity index (χ3n) is 7.30. The minimum Gasteiger partial charge on any atom is -0.299 e. The molecule has 0 saturated carbocycles. The fourth-order valence-corrected chi connectivity index (χ4v) is 5.99. The van der Waals surface area contributed by atoms with Crippen LogP contribution in [0.5, 0.6) is 0 Å². The monoisotopic (exact) mass is 394 g/mol. The molecule has 2 heteroatoms. The number of pyridine rings is 1. The van der Waals surface area contributed by atoms with Crippen molar-refractivity contribution in [3.63, 3.8) is 0 Å². The topological polar surface area (TPSA) is 17.3 Å². The molecule has 0 atom stereocenters. The highest BCUT2D eigenvalue weighted by Crippen LogP contribution is 2.47. The minimum atomic E-state index is 0.993. The first-order chi connectivity index (χ1) is 15.4. The lowest BCUT2D eigenvalue weighted by atomic mass is 9.95. The Balaban J connectivity index is 1.47. The van der Waals surface area contributed by atoms with Gasteiger partial charge in [0.15, 0.2) is 0 Å². The molecular formula is C29H18N2. The molecule has 0 spiro atoms. The Labute approximate surface area is 179 Å². The van der Waals surface area contributed by atoms with E-state index >= 15 is 0 Å². The van der Waals surface area contributed by atoms with Gasteiger partial charge in [0.25, 0.3) is 0 Å². The molecule has 0 aliphatic heterocycles. The lowest BCUT2D eigenvalue weighted by Gasteiger charge is -2.12. The normalized spacial score (nSPS) is 13.5. The van der Waals surface area contributed by atoms with Gasteiger partial charge in [-0.1, -0.05) is 54.6 Å². The third-order valence-corrected chi connectivity index (χ3v) is 7.30. The summed E-state index contributed by atoms with van der Waals surface area (Å²) >= 11 is 0. The first kappa shape index (κ1) is 15.9. The van der Waals surface area contributed by atoms with Crippen molar-refractivity contribution >= 4 is 27.3 Å². The van der Waals surface area contributed by atoms with Crippen LogP contribution in [0.4, 0.5) is 0 Å². The quantitative estimate of drug-likeness (QED) is 0.259. The van der Waals surface area contributed by atoms with E-state index in [0.717, 1.165) is 18.5 Å². The molecule has 0 bridgehead atoms. The minimum absolute atomic E-state index is 0.993. The molecule has 4 aromatic carbocycles. The van der Waals surface area contributed by atoms with Crippen molar-refractivity contribution in [2.24, 2.45) is 0 Å². The van der Waals surface area contributed by atoms with Crippen molar-refractivity contribution in [3.8, 4) is 22.3 Å². The molecule has 6 aromatic rings. The summed E-state index contributed by atoms with van der Waals surface area (Å²) in [6.45, 7) is 0. The second kappa shape index (κ2) is 5.41. The summed E-state index contributed by atoms with van der Waals surface area (Å²) in [6, 6.07) is 27.1. The van der Waals surface area contributed by atoms with E-state index < -0.39 is 0 Å². The molecule has 0 unspecified atom stereocenters. The van der Waals surface area contributed by atoms with E-state index in [1.54, 1.807) is 0 Å². The Morgan fingerprint density at radius 3 is 2.48 bits per heavy atom. The Bertz CT molecular complexity index is 1740. The number of nitrogens with zero attached hydrogens (tertiary/aromatic N) is 2. The molecule has 2 heterocycles. The van der Waals surface area contributed by atoms with E-state index in [0.29, 0.717) is 0 Å². The SMILES string of the molecule is c1ccc2c(c1)Cc1cc3c(cc1-2)-c1ccc2c(c1C3)c1ccccc1n1ccnc21. The lowest BCUT2D eigenvalue weighted by Crippen LogP contribution is -1.93. The number of fused-ring (bicyclic) bond motifs is 13. The van der Waals surface area contributed by atoms with Gasteiger partial charge in [0.05, 0.1) is 5.52 Å². The van der Waals surface area contributed by atoms with Gasteiger partial charge in [-0.15, -0.1) is 0 Å². The lowest BCUT2D eigenvalue weighted by molar-refractivity contribution is 1.22. The summed E-state index contributed by atoms with van der Waals surface area (Å²) in [4.78, 5) is 4.71. The van der Waals surface area contributed by atoms with Crippen molar-refractivity contribution in [1.29, 1.82) is 0 Å². The second-order valence-corrected chi connectivity index (χ2v) is 8.83. The smallest absolute Gasteiger partial charge is 0.145 e. The molecule has 0 fully saturated rings. The fourth-order valence-electron chi connectivity index (χ4n) is 5.99. The van der Waals surface area contributed by atoms with Gasteiger partial charge in [0.2, 0.25) is 0 Å². The van der Waals surface area contributed by atoms with Crippen LogP contribution in [-0.4, -0.2) is 9.38 Å². The van der Waals surface area contributed by atoms with E-state index in [-0.39, 0.29) is 0 Å². The van der Waals surface area contributed by atoms with E-state index in [9.17, 15) is 0 Å². The van der Waals surface area contributed by atoms with Crippen LogP contribution < -0.4 is 0 Å². The highest BCUT2D eigenvalue weighted by Gasteiger charge is 2.27. The molecule has 2 aliphatic rings. The maximum absolute atomic E-state index is 4.71. The van der Waals surface area contributed by atoms with Crippen molar-refractivity contribution in [3.05, 3.63) is 107 Å². The summed E-state index contributed by atoms with van der Waals surface area (Å²) in [7, 11) is 0. The zero-order valence-electron chi connectivity index (χ0n) is 16.9. The largest absolute Gasteiger partial charge is 0.299 e. The van der Waals surface area contributed by atoms with Crippen LogP contribution in [0, 0.1) is 0 Å². The average molecular weight is 394 g/mol. The predicted molar refractivity (Wildman–Crippen MR) is 127 cm³/mol. The summed E-state index contributed by atoms with van der Waals surface area (Å²) in [6.07, 6.45) is 6.02. The summed E-state index contributed by atoms with van der Waals surface area (Å²) in [5, 5.41) is 3.92. The fraction of sp³-hybridized carbons (Fsp3) is 0.0690. The average Bonchev–Trinajstić information content (AvgIpc) is 3.52. The van der Waals surface area contributed by atoms with Crippen LogP contribution in [0.1, 0.15) is 22.3 Å². The van der Waals surface area contributed by atoms with E-state index in [1.807, 2.05) is 6.20 Å². The molecule has 0 saturated heterocycles. The zero-order valence-corrected chi connectivity index (χ0v) is 16.9. The summed E-state index contributed by atoms with van der Waals surface area (Å²) in [5.74, 6) is 0. The standard InChI is InChI=1S/C29H18N2/c1-2-6-20-17(5-1)13-18-14-19-15-26-21(25(19)16-24(18)20)9-10-23-28(26)22-7-3-4-8-27(22)31-12-11-30-29(23)31/h1-12,14,16H,13,15H2. The number of imidazole rings is 1. The first-order valence-electron chi connectivity index (χ1n) is 10.9. The van der Waals surface area contributed by atoms with Crippen LogP contribution in [0.15, 0.2) is 85.2 Å². The first-order valence-corrected chi connectivity index (χ1v) is 10.9. The molecule has 0 amide bonds. The van der Waals surface area contributed by atoms with Crippen LogP contribution in [0.3, 0.4) is 0 Å². The van der Waals surface area contributed by atoms with Gasteiger partial charge in [-0.25, -0.2) is 4.98 Å². The molecule has 2 nitrogen and oxygen atoms in total. The Kier molecular flexibility index (Phi) is 2.77. The van der Waals surface area contributed by atoms with Gasteiger partial charge in [0, 0.05) is 23.2 Å². The summed E-state index contributed by atoms with van der Waals surface area (Å²) < 4.78 is 2.22. The molecule has 0 N–H and O–H groups in total. The van der Waals surface area contributed by atoms with Crippen LogP contribution in [0.25, 0.3) is 49.6 Å². The molecule has 31 heavy (non-hydrogen) atoms. The molecule has 0 radical (unpaired) electrons. The van der Waals surface area contributed by atoms with Crippen LogP contribution in [0.2, 0.25) is 0 Å². The number of hydrogen-bond donors (Lipinski definition) is 0. The van der Waals surface area contributed by atoms with Gasteiger partial charge in [-0.3, -0.25) is 4.40 Å². The van der Waals surface area contributed by atoms with Crippen molar-refractivity contribution < 1.29 is 0 Å². The summed E-state index contributed by atoms with van der Waals surface area (Å²) in [5.41, 5.74) is 13.7. The Morgan fingerprint density at radius 2 is 1.48 bits per heavy atom. The van der Waals surface area contributed by atoms with Crippen LogP contribution >= 0.6 is 0 Å². The second-order valence-electron chi connectivity index (χ2n) is 8.83. The predicted octanol–water partition coefficient (Wildman–Crippen LogP) is 6.78. The van der Waals surface area contributed by atoms with Crippen LogP contribution in [-0.2, 0) is 12.8 Å². The molecule has 2 aliphatic carbocycles. The number of para-hydroxylation sites is 1. The Hall–Kier alpha value is -3.91. The van der Waals surface area contributed by atoms with Crippen molar-refractivity contribution in [2.45, 2.75) is 12.8 Å². The van der Waals surface area contributed by atoms with Gasteiger partial charge in [-0.2, -0.15) is 0 Å². The number of aromatic nitrogens is 2. The van der Waals surface area contributed by atoms with E-state index in [2.05, 4.69) is 83.4 Å². The highest BCUT2D eigenvalue weighted by molar-refractivity contribution is 6.15. The highest BCUT2D eigenvalue weighted by atomic mass is 15.0. The van der Waals surface area contributed by atoms with Gasteiger partial charge >= 0.3 is 0 Å². The number of benzene rings is 4. The van der Waals surface area contributed by atoms with Crippen molar-refractivity contribution in [2.75, 3.05) is 0 Å². The number of rotatable bonds is 0. The molecule has 2 aromatic heterocycles. The number of hydrogen-bond acceptors (Lipinski definition) is 1. The maximum atomic E-state index is 4.71. The van der Waals surface area contributed by atoms with Gasteiger partial charge in [0.1, 0.15) is 5.65 Å². The van der Waals surface area contributed by atoms with E-state index in [4.69, 9.17) is 4.98 Å². The maximum Gasteiger partial charge on any atom is 0.145 e. The third kappa shape index (κ3) is 1.91. The van der Waals surface area contributed by atoms with E-state index in [1.165, 1.54) is 66.2 Å².